The summed E-state index contributed by atoms with van der Waals surface area (Å²) in [6.45, 7) is 7.91. The Kier molecular flexibility index (Phi) is 6.59. The van der Waals surface area contributed by atoms with E-state index in [0.29, 0.717) is 22.3 Å². The van der Waals surface area contributed by atoms with Gasteiger partial charge in [0.25, 0.3) is 0 Å². The fraction of sp³-hybridized carbons (Fsp3) is 0.130. The molecule has 30 heavy (non-hydrogen) atoms. The molecule has 3 rings (SSSR count). The molecule has 0 aliphatic carbocycles. The summed E-state index contributed by atoms with van der Waals surface area (Å²) in [5.74, 6) is 1.16. The van der Waals surface area contributed by atoms with Crippen LogP contribution >= 0.6 is 11.6 Å². The van der Waals surface area contributed by atoms with E-state index in [9.17, 15) is 0 Å². The van der Waals surface area contributed by atoms with Gasteiger partial charge in [-0.05, 0) is 56.0 Å². The first-order valence-electron chi connectivity index (χ1n) is 9.29. The monoisotopic (exact) mass is 421 g/mol. The van der Waals surface area contributed by atoms with E-state index in [-0.39, 0.29) is 0 Å². The van der Waals surface area contributed by atoms with E-state index in [1.165, 1.54) is 6.20 Å². The number of aromatic nitrogens is 2. The first-order valence-corrected chi connectivity index (χ1v) is 9.67. The molecule has 1 heterocycles. The highest BCUT2D eigenvalue weighted by atomic mass is 35.5. The Morgan fingerprint density at radius 3 is 2.70 bits per heavy atom. The molecule has 1 aromatic heterocycles. The Morgan fingerprint density at radius 1 is 1.27 bits per heavy atom. The number of nitrogens with one attached hydrogen (secondary N) is 1. The minimum absolute atomic E-state index is 0.462. The molecule has 0 saturated carbocycles. The van der Waals surface area contributed by atoms with Crippen LogP contribution < -0.4 is 15.8 Å². The number of aryl methyl sites for hydroxylation is 2. The third-order valence-electron chi connectivity index (χ3n) is 4.42. The number of ether oxygens (including phenoxy) is 1. The van der Waals surface area contributed by atoms with Gasteiger partial charge in [-0.25, -0.2) is 9.98 Å². The van der Waals surface area contributed by atoms with E-state index < -0.39 is 0 Å². The Morgan fingerprint density at radius 2 is 2.07 bits per heavy atom. The molecule has 0 aliphatic rings. The van der Waals surface area contributed by atoms with Crippen LogP contribution in [0.4, 0.5) is 5.69 Å². The molecule has 3 aromatic rings. The van der Waals surface area contributed by atoms with Gasteiger partial charge in [0.15, 0.2) is 0 Å². The molecular weight excluding hydrogens is 398 g/mol. The lowest BCUT2D eigenvalue weighted by Gasteiger charge is -2.13. The maximum Gasteiger partial charge on any atom is 0.144 e. The summed E-state index contributed by atoms with van der Waals surface area (Å²) < 4.78 is 7.46. The van der Waals surface area contributed by atoms with Crippen molar-refractivity contribution >= 4 is 23.0 Å². The van der Waals surface area contributed by atoms with Gasteiger partial charge in [-0.15, -0.1) is 0 Å². The van der Waals surface area contributed by atoms with Crippen LogP contribution in [-0.4, -0.2) is 22.4 Å². The zero-order valence-electron chi connectivity index (χ0n) is 17.2. The van der Waals surface area contributed by atoms with Crippen molar-refractivity contribution in [3.05, 3.63) is 95.4 Å². The Hall–Kier alpha value is -3.51. The molecule has 0 radical (unpaired) electrons. The molecule has 2 aromatic carbocycles. The minimum Gasteiger partial charge on any atom is -0.494 e. The second kappa shape index (κ2) is 9.33. The predicted octanol–water partition coefficient (Wildman–Crippen LogP) is 5.00. The number of methoxy groups -OCH3 is 1. The molecular formula is C23H24ClN5O. The van der Waals surface area contributed by atoms with E-state index in [4.69, 9.17) is 22.1 Å². The number of anilines is 1. The van der Waals surface area contributed by atoms with Crippen LogP contribution in [0.15, 0.2) is 78.6 Å². The number of nitrogens with two attached hydrogens (primary N) is 1. The largest absolute Gasteiger partial charge is 0.494 e. The topological polar surface area (TPSA) is 77.5 Å². The van der Waals surface area contributed by atoms with Crippen molar-refractivity contribution in [1.82, 2.24) is 9.55 Å². The number of aliphatic imine (C=N–C) groups is 1. The lowest BCUT2D eigenvalue weighted by Crippen LogP contribution is -2.04. The number of imidazole rings is 1. The number of halogens is 1. The van der Waals surface area contributed by atoms with Gasteiger partial charge < -0.3 is 20.4 Å². The van der Waals surface area contributed by atoms with E-state index in [0.717, 1.165) is 28.2 Å². The van der Waals surface area contributed by atoms with Crippen molar-refractivity contribution in [2.24, 2.45) is 10.7 Å². The van der Waals surface area contributed by atoms with Crippen LogP contribution in [0.5, 0.6) is 5.75 Å². The second-order valence-electron chi connectivity index (χ2n) is 6.70. The van der Waals surface area contributed by atoms with Crippen molar-refractivity contribution in [2.75, 3.05) is 12.4 Å². The van der Waals surface area contributed by atoms with Crippen molar-refractivity contribution in [3.63, 3.8) is 0 Å². The highest BCUT2D eigenvalue weighted by Gasteiger charge is 2.09. The summed E-state index contributed by atoms with van der Waals surface area (Å²) >= 11 is 6.13. The first kappa shape index (κ1) is 21.2. The van der Waals surface area contributed by atoms with E-state index in [1.54, 1.807) is 19.5 Å². The summed E-state index contributed by atoms with van der Waals surface area (Å²) in [6.07, 6.45) is 6.86. The summed E-state index contributed by atoms with van der Waals surface area (Å²) in [5, 5.41) is 3.90. The summed E-state index contributed by atoms with van der Waals surface area (Å²) in [4.78, 5) is 8.85. The van der Waals surface area contributed by atoms with Crippen molar-refractivity contribution in [3.8, 4) is 11.4 Å². The molecule has 0 aliphatic heterocycles. The Balaban J connectivity index is 1.85. The predicted molar refractivity (Wildman–Crippen MR) is 124 cm³/mol. The van der Waals surface area contributed by atoms with Gasteiger partial charge in [0.05, 0.1) is 30.5 Å². The number of allylic oxidation sites excluding steroid dienone is 1. The standard InChI is InChI=1S/C23H24ClN5O/c1-15-11-18(5-7-20(15)24)21(9-10-25)28-17(3)27-19-6-8-22(23(12-19)30-4)29-13-16(2)26-14-29/h5-14,27H,3,25H2,1-2,4H3/b10-9-,28-21?. The van der Waals surface area contributed by atoms with Crippen LogP contribution in [-0.2, 0) is 0 Å². The number of nitrogens with zero attached hydrogens (tertiary/aromatic N) is 3. The fourth-order valence-electron chi connectivity index (χ4n) is 2.95. The Labute approximate surface area is 181 Å². The smallest absolute Gasteiger partial charge is 0.144 e. The van der Waals surface area contributed by atoms with E-state index in [1.807, 2.05) is 61.0 Å². The van der Waals surface area contributed by atoms with E-state index >= 15 is 0 Å². The van der Waals surface area contributed by atoms with Crippen LogP contribution in [0, 0.1) is 13.8 Å². The van der Waals surface area contributed by atoms with Crippen molar-refractivity contribution < 1.29 is 4.74 Å². The number of hydrogen-bond donors (Lipinski definition) is 2. The summed E-state index contributed by atoms with van der Waals surface area (Å²) in [6, 6.07) is 11.5. The van der Waals surface area contributed by atoms with E-state index in [2.05, 4.69) is 21.9 Å². The maximum atomic E-state index is 6.13. The van der Waals surface area contributed by atoms with Gasteiger partial charge >= 0.3 is 0 Å². The third kappa shape index (κ3) is 4.90. The summed E-state index contributed by atoms with van der Waals surface area (Å²) in [5.41, 5.74) is 10.8. The number of benzene rings is 2. The summed E-state index contributed by atoms with van der Waals surface area (Å²) in [7, 11) is 1.63. The normalized spacial score (nSPS) is 11.7. The molecule has 7 heteroatoms. The van der Waals surface area contributed by atoms with Gasteiger partial charge in [-0.2, -0.15) is 0 Å². The second-order valence-corrected chi connectivity index (χ2v) is 7.11. The maximum absolute atomic E-state index is 6.13. The zero-order valence-corrected chi connectivity index (χ0v) is 17.9. The molecule has 3 N–H and O–H groups in total. The SMILES string of the molecule is C=C(N=C(/C=C\N)c1ccc(Cl)c(C)c1)Nc1ccc(-n2cnc(C)c2)c(OC)c1. The average molecular weight is 422 g/mol. The van der Waals surface area contributed by atoms with Crippen LogP contribution in [0.3, 0.4) is 0 Å². The molecule has 154 valence electrons. The lowest BCUT2D eigenvalue weighted by molar-refractivity contribution is 0.413. The molecule has 6 nitrogen and oxygen atoms in total. The number of rotatable bonds is 7. The molecule has 0 amide bonds. The molecule has 0 bridgehead atoms. The van der Waals surface area contributed by atoms with Crippen LogP contribution in [0.1, 0.15) is 16.8 Å². The van der Waals surface area contributed by atoms with Gasteiger partial charge in [0.2, 0.25) is 0 Å². The van der Waals surface area contributed by atoms with Gasteiger partial charge in [0.1, 0.15) is 11.6 Å². The highest BCUT2D eigenvalue weighted by molar-refractivity contribution is 6.31. The molecule has 0 spiro atoms. The average Bonchev–Trinajstić information content (AvgIpc) is 3.15. The van der Waals surface area contributed by atoms with Crippen molar-refractivity contribution in [1.29, 1.82) is 0 Å². The van der Waals surface area contributed by atoms with Crippen molar-refractivity contribution in [2.45, 2.75) is 13.8 Å². The molecule has 0 saturated heterocycles. The van der Waals surface area contributed by atoms with Gasteiger partial charge in [-0.3, -0.25) is 0 Å². The first-order chi connectivity index (χ1) is 14.4. The number of hydrogen-bond acceptors (Lipinski definition) is 5. The zero-order chi connectivity index (χ0) is 21.7. The molecule has 0 fully saturated rings. The fourth-order valence-corrected chi connectivity index (χ4v) is 3.07. The van der Waals surface area contributed by atoms with Gasteiger partial charge in [0, 0.05) is 28.5 Å². The Bertz CT molecular complexity index is 1130. The molecule has 0 unspecified atom stereocenters. The highest BCUT2D eigenvalue weighted by Crippen LogP contribution is 2.27. The minimum atomic E-state index is 0.462. The van der Waals surface area contributed by atoms with Crippen LogP contribution in [0.25, 0.3) is 5.69 Å². The van der Waals surface area contributed by atoms with Gasteiger partial charge in [-0.1, -0.05) is 24.2 Å². The lowest BCUT2D eigenvalue weighted by atomic mass is 10.1. The molecule has 0 atom stereocenters. The quantitative estimate of drug-likeness (QED) is 0.526. The third-order valence-corrected chi connectivity index (χ3v) is 4.85. The van der Waals surface area contributed by atoms with Crippen LogP contribution in [0.2, 0.25) is 5.02 Å².